The maximum Gasteiger partial charge on any atom is 0.261 e. The van der Waals surface area contributed by atoms with Gasteiger partial charge in [0.1, 0.15) is 17.1 Å². The van der Waals surface area contributed by atoms with E-state index in [0.29, 0.717) is 12.2 Å². The van der Waals surface area contributed by atoms with Crippen molar-refractivity contribution in [2.75, 3.05) is 0 Å². The first kappa shape index (κ1) is 19.6. The number of rotatable bonds is 4. The summed E-state index contributed by atoms with van der Waals surface area (Å²) in [4.78, 5) is 12.8. The molecule has 0 aromatic heterocycles. The molecule has 0 fully saturated rings. The van der Waals surface area contributed by atoms with E-state index in [1.807, 2.05) is 64.1 Å². The molecule has 0 saturated heterocycles. The highest BCUT2D eigenvalue weighted by molar-refractivity contribution is 6.32. The zero-order valence-corrected chi connectivity index (χ0v) is 17.2. The van der Waals surface area contributed by atoms with Crippen LogP contribution in [-0.4, -0.2) is 17.6 Å². The SMILES string of the molecule is Cc1cc(O[C@H](C)C(=O)N[C@H]2CC(C)(C)Oc3ccccc32)cc(C)c1Cl. The lowest BCUT2D eigenvalue weighted by atomic mass is 9.89. The fraction of sp³-hybridized carbons (Fsp3) is 0.409. The van der Waals surface area contributed by atoms with E-state index in [2.05, 4.69) is 5.32 Å². The maximum atomic E-state index is 12.8. The van der Waals surface area contributed by atoms with Crippen LogP contribution in [0.1, 0.15) is 49.9 Å². The molecule has 4 nitrogen and oxygen atoms in total. The number of benzene rings is 2. The number of hydrogen-bond donors (Lipinski definition) is 1. The van der Waals surface area contributed by atoms with Gasteiger partial charge in [0.05, 0.1) is 6.04 Å². The minimum atomic E-state index is -0.622. The summed E-state index contributed by atoms with van der Waals surface area (Å²) in [6.45, 7) is 9.66. The molecule has 1 aliphatic rings. The Labute approximate surface area is 165 Å². The summed E-state index contributed by atoms with van der Waals surface area (Å²) < 4.78 is 11.9. The summed E-state index contributed by atoms with van der Waals surface area (Å²) in [5.41, 5.74) is 2.51. The molecular formula is C22H26ClNO3. The Kier molecular flexibility index (Phi) is 5.38. The third-order valence-corrected chi connectivity index (χ3v) is 5.38. The van der Waals surface area contributed by atoms with Gasteiger partial charge in [-0.05, 0) is 63.9 Å². The summed E-state index contributed by atoms with van der Waals surface area (Å²) in [6, 6.07) is 11.4. The molecule has 3 rings (SSSR count). The van der Waals surface area contributed by atoms with E-state index in [1.165, 1.54) is 0 Å². The maximum absolute atomic E-state index is 12.8. The minimum absolute atomic E-state index is 0.114. The van der Waals surface area contributed by atoms with Crippen molar-refractivity contribution < 1.29 is 14.3 Å². The van der Waals surface area contributed by atoms with Crippen LogP contribution in [0.5, 0.6) is 11.5 Å². The molecule has 2 atom stereocenters. The number of carbonyl (C=O) groups excluding carboxylic acids is 1. The second-order valence-electron chi connectivity index (χ2n) is 7.80. The molecule has 144 valence electrons. The molecule has 0 saturated carbocycles. The average molecular weight is 388 g/mol. The van der Waals surface area contributed by atoms with Crippen molar-refractivity contribution in [2.24, 2.45) is 0 Å². The van der Waals surface area contributed by atoms with Gasteiger partial charge in [-0.25, -0.2) is 0 Å². The molecule has 0 spiro atoms. The van der Waals surface area contributed by atoms with Crippen molar-refractivity contribution >= 4 is 17.5 Å². The van der Waals surface area contributed by atoms with Crippen LogP contribution in [0.4, 0.5) is 0 Å². The van der Waals surface area contributed by atoms with Crippen LogP contribution in [0.3, 0.4) is 0 Å². The van der Waals surface area contributed by atoms with E-state index < -0.39 is 6.10 Å². The Balaban J connectivity index is 1.73. The zero-order chi connectivity index (χ0) is 19.8. The van der Waals surface area contributed by atoms with Gasteiger partial charge in [0.25, 0.3) is 5.91 Å². The first-order valence-corrected chi connectivity index (χ1v) is 9.56. The van der Waals surface area contributed by atoms with Gasteiger partial charge >= 0.3 is 0 Å². The van der Waals surface area contributed by atoms with E-state index in [-0.39, 0.29) is 17.6 Å². The molecule has 1 N–H and O–H groups in total. The molecule has 1 aliphatic heterocycles. The zero-order valence-electron chi connectivity index (χ0n) is 16.4. The predicted octanol–water partition coefficient (Wildman–Crippen LogP) is 5.14. The number of para-hydroxylation sites is 1. The summed E-state index contributed by atoms with van der Waals surface area (Å²) >= 11 is 6.21. The van der Waals surface area contributed by atoms with Crippen LogP contribution in [0.25, 0.3) is 0 Å². The molecule has 0 aliphatic carbocycles. The van der Waals surface area contributed by atoms with Gasteiger partial charge < -0.3 is 14.8 Å². The van der Waals surface area contributed by atoms with Crippen molar-refractivity contribution in [3.63, 3.8) is 0 Å². The Morgan fingerprint density at radius 1 is 1.26 bits per heavy atom. The van der Waals surface area contributed by atoms with Crippen molar-refractivity contribution in [1.82, 2.24) is 5.32 Å². The molecule has 1 amide bonds. The highest BCUT2D eigenvalue weighted by Gasteiger charge is 2.35. The smallest absolute Gasteiger partial charge is 0.261 e. The topological polar surface area (TPSA) is 47.6 Å². The van der Waals surface area contributed by atoms with Gasteiger partial charge in [-0.2, -0.15) is 0 Å². The Morgan fingerprint density at radius 2 is 1.89 bits per heavy atom. The number of amides is 1. The second kappa shape index (κ2) is 7.43. The number of nitrogens with one attached hydrogen (secondary N) is 1. The summed E-state index contributed by atoms with van der Waals surface area (Å²) in [5, 5.41) is 3.84. The van der Waals surface area contributed by atoms with Gasteiger partial charge in [-0.1, -0.05) is 29.8 Å². The first-order chi connectivity index (χ1) is 12.7. The van der Waals surface area contributed by atoms with E-state index in [9.17, 15) is 4.79 Å². The highest BCUT2D eigenvalue weighted by Crippen LogP contribution is 2.39. The Bertz CT molecular complexity index is 839. The normalized spacial score (nSPS) is 18.8. The molecule has 1 heterocycles. The molecular weight excluding hydrogens is 362 g/mol. The largest absolute Gasteiger partial charge is 0.487 e. The van der Waals surface area contributed by atoms with Crippen molar-refractivity contribution in [3.05, 3.63) is 58.1 Å². The van der Waals surface area contributed by atoms with Gasteiger partial charge in [0.15, 0.2) is 6.10 Å². The van der Waals surface area contributed by atoms with Gasteiger partial charge in [0, 0.05) is 17.0 Å². The lowest BCUT2D eigenvalue weighted by Gasteiger charge is -2.38. The molecule has 27 heavy (non-hydrogen) atoms. The molecule has 5 heteroatoms. The van der Waals surface area contributed by atoms with Crippen LogP contribution in [-0.2, 0) is 4.79 Å². The standard InChI is InChI=1S/C22H26ClNO3/c1-13-10-16(11-14(2)20(13)23)26-15(3)21(25)24-18-12-22(4,5)27-19-9-7-6-8-17(18)19/h6-11,15,18H,12H2,1-5H3,(H,24,25)/t15-,18+/m1/s1. The number of aryl methyl sites for hydroxylation is 2. The molecule has 2 aromatic carbocycles. The van der Waals surface area contributed by atoms with Crippen LogP contribution in [0.2, 0.25) is 5.02 Å². The van der Waals surface area contributed by atoms with E-state index in [1.54, 1.807) is 6.92 Å². The third kappa shape index (κ3) is 4.38. The number of hydrogen-bond acceptors (Lipinski definition) is 3. The summed E-state index contributed by atoms with van der Waals surface area (Å²) in [6.07, 6.45) is 0.0739. The van der Waals surface area contributed by atoms with Gasteiger partial charge in [-0.3, -0.25) is 4.79 Å². The van der Waals surface area contributed by atoms with E-state index in [0.717, 1.165) is 27.5 Å². The molecule has 0 radical (unpaired) electrons. The van der Waals surface area contributed by atoms with E-state index in [4.69, 9.17) is 21.1 Å². The number of halogens is 1. The second-order valence-corrected chi connectivity index (χ2v) is 8.17. The van der Waals surface area contributed by atoms with Gasteiger partial charge in [0.2, 0.25) is 0 Å². The summed E-state index contributed by atoms with van der Waals surface area (Å²) in [5.74, 6) is 1.30. The van der Waals surface area contributed by atoms with Crippen LogP contribution >= 0.6 is 11.6 Å². The quantitative estimate of drug-likeness (QED) is 0.789. The minimum Gasteiger partial charge on any atom is -0.487 e. The first-order valence-electron chi connectivity index (χ1n) is 9.18. The lowest BCUT2D eigenvalue weighted by Crippen LogP contribution is -2.44. The van der Waals surface area contributed by atoms with Gasteiger partial charge in [-0.15, -0.1) is 0 Å². The van der Waals surface area contributed by atoms with Crippen molar-refractivity contribution in [3.8, 4) is 11.5 Å². The molecule has 2 aromatic rings. The van der Waals surface area contributed by atoms with Crippen LogP contribution in [0.15, 0.2) is 36.4 Å². The monoisotopic (exact) mass is 387 g/mol. The third-order valence-electron chi connectivity index (χ3n) is 4.78. The fourth-order valence-corrected chi connectivity index (χ4v) is 3.56. The summed E-state index contributed by atoms with van der Waals surface area (Å²) in [7, 11) is 0. The Morgan fingerprint density at radius 3 is 2.56 bits per heavy atom. The number of ether oxygens (including phenoxy) is 2. The van der Waals surface area contributed by atoms with Crippen LogP contribution in [0, 0.1) is 13.8 Å². The van der Waals surface area contributed by atoms with Crippen LogP contribution < -0.4 is 14.8 Å². The molecule has 0 bridgehead atoms. The Hall–Kier alpha value is -2.20. The number of fused-ring (bicyclic) bond motifs is 1. The van der Waals surface area contributed by atoms with Crippen molar-refractivity contribution in [2.45, 2.75) is 58.8 Å². The molecule has 0 unspecified atom stereocenters. The van der Waals surface area contributed by atoms with Crippen molar-refractivity contribution in [1.29, 1.82) is 0 Å². The number of carbonyl (C=O) groups is 1. The fourth-order valence-electron chi connectivity index (χ4n) is 3.45. The van der Waals surface area contributed by atoms with E-state index >= 15 is 0 Å². The predicted molar refractivity (Wildman–Crippen MR) is 108 cm³/mol. The average Bonchev–Trinajstić information content (AvgIpc) is 2.58. The highest BCUT2D eigenvalue weighted by atomic mass is 35.5. The lowest BCUT2D eigenvalue weighted by molar-refractivity contribution is -0.128.